The van der Waals surface area contributed by atoms with Crippen molar-refractivity contribution in [2.75, 3.05) is 12.3 Å². The van der Waals surface area contributed by atoms with Crippen molar-refractivity contribution in [3.05, 3.63) is 29.3 Å². The number of hydrogen-bond acceptors (Lipinski definition) is 2. The number of hydrogen-bond donors (Lipinski definition) is 2. The van der Waals surface area contributed by atoms with Gasteiger partial charge in [-0.3, -0.25) is 4.79 Å². The molecular weight excluding hydrogens is 236 g/mol. The predicted molar refractivity (Wildman–Crippen MR) is 79.0 cm³/mol. The Morgan fingerprint density at radius 3 is 2.89 bits per heavy atom. The zero-order valence-electron chi connectivity index (χ0n) is 11.9. The van der Waals surface area contributed by atoms with Crippen molar-refractivity contribution < 1.29 is 4.79 Å². The lowest BCUT2D eigenvalue weighted by atomic mass is 9.82. The number of rotatable bonds is 3. The molecule has 0 bridgehead atoms. The van der Waals surface area contributed by atoms with Gasteiger partial charge >= 0.3 is 0 Å². The van der Waals surface area contributed by atoms with E-state index in [1.807, 2.05) is 19.1 Å². The summed E-state index contributed by atoms with van der Waals surface area (Å²) in [5.41, 5.74) is 8.08. The van der Waals surface area contributed by atoms with E-state index in [-0.39, 0.29) is 5.91 Å². The third kappa shape index (κ3) is 3.72. The molecule has 3 nitrogen and oxygen atoms in total. The summed E-state index contributed by atoms with van der Waals surface area (Å²) in [6.45, 7) is 5.03. The zero-order chi connectivity index (χ0) is 13.8. The number of carbonyl (C=O) groups is 1. The average Bonchev–Trinajstić information content (AvgIpc) is 2.36. The molecule has 2 rings (SSSR count). The third-order valence-corrected chi connectivity index (χ3v) is 4.09. The summed E-state index contributed by atoms with van der Waals surface area (Å²) in [4.78, 5) is 12.1. The fourth-order valence-electron chi connectivity index (χ4n) is 3.02. The molecule has 2 unspecified atom stereocenters. The van der Waals surface area contributed by atoms with Gasteiger partial charge < -0.3 is 11.1 Å². The quantitative estimate of drug-likeness (QED) is 0.820. The molecule has 1 aromatic carbocycles. The lowest BCUT2D eigenvalue weighted by molar-refractivity contribution is 0.0940. The molecule has 104 valence electrons. The number of benzene rings is 1. The Kier molecular flexibility index (Phi) is 4.46. The van der Waals surface area contributed by atoms with Gasteiger partial charge in [-0.2, -0.15) is 0 Å². The van der Waals surface area contributed by atoms with Crippen LogP contribution >= 0.6 is 0 Å². The second-order valence-corrected chi connectivity index (χ2v) is 5.92. The Morgan fingerprint density at radius 2 is 2.21 bits per heavy atom. The highest BCUT2D eigenvalue weighted by Gasteiger charge is 2.19. The monoisotopic (exact) mass is 260 g/mol. The molecule has 2 atom stereocenters. The van der Waals surface area contributed by atoms with E-state index in [1.165, 1.54) is 25.7 Å². The van der Waals surface area contributed by atoms with Crippen molar-refractivity contribution in [3.8, 4) is 0 Å². The number of amides is 1. The van der Waals surface area contributed by atoms with E-state index in [0.29, 0.717) is 11.6 Å². The molecule has 0 heterocycles. The molecular formula is C16H24N2O. The summed E-state index contributed by atoms with van der Waals surface area (Å²) in [5, 5.41) is 3.07. The molecule has 1 fully saturated rings. The second-order valence-electron chi connectivity index (χ2n) is 5.92. The van der Waals surface area contributed by atoms with Crippen molar-refractivity contribution in [3.63, 3.8) is 0 Å². The summed E-state index contributed by atoms with van der Waals surface area (Å²) < 4.78 is 0. The first kappa shape index (κ1) is 13.9. The highest BCUT2D eigenvalue weighted by Crippen LogP contribution is 2.28. The van der Waals surface area contributed by atoms with Crippen molar-refractivity contribution in [2.45, 2.75) is 39.5 Å². The lowest BCUT2D eigenvalue weighted by Crippen LogP contribution is -2.31. The first-order valence-corrected chi connectivity index (χ1v) is 7.20. The first-order valence-electron chi connectivity index (χ1n) is 7.20. The van der Waals surface area contributed by atoms with E-state index in [1.54, 1.807) is 6.07 Å². The van der Waals surface area contributed by atoms with E-state index in [9.17, 15) is 4.79 Å². The van der Waals surface area contributed by atoms with Gasteiger partial charge in [-0.25, -0.2) is 0 Å². The van der Waals surface area contributed by atoms with Crippen molar-refractivity contribution >= 4 is 11.6 Å². The van der Waals surface area contributed by atoms with Gasteiger partial charge in [-0.15, -0.1) is 0 Å². The van der Waals surface area contributed by atoms with Crippen LogP contribution in [0, 0.1) is 18.8 Å². The van der Waals surface area contributed by atoms with Gasteiger partial charge in [-0.1, -0.05) is 19.8 Å². The normalized spacial score (nSPS) is 23.1. The number of nitrogens with one attached hydrogen (secondary N) is 1. The molecule has 0 spiro atoms. The highest BCUT2D eigenvalue weighted by atomic mass is 16.1. The Bertz CT molecular complexity index is 456. The van der Waals surface area contributed by atoms with Gasteiger partial charge in [0.25, 0.3) is 5.91 Å². The minimum absolute atomic E-state index is 0.0238. The number of nitrogens with two attached hydrogens (primary N) is 1. The van der Waals surface area contributed by atoms with E-state index in [0.717, 1.165) is 23.6 Å². The largest absolute Gasteiger partial charge is 0.399 e. The minimum atomic E-state index is 0.0238. The van der Waals surface area contributed by atoms with Crippen LogP contribution in [0.1, 0.15) is 48.5 Å². The number of nitrogen functional groups attached to an aromatic ring is 1. The van der Waals surface area contributed by atoms with Crippen LogP contribution in [0.5, 0.6) is 0 Å². The van der Waals surface area contributed by atoms with Crippen LogP contribution in [0.3, 0.4) is 0 Å². The van der Waals surface area contributed by atoms with Crippen LogP contribution in [0.25, 0.3) is 0 Å². The number of carbonyl (C=O) groups excluding carboxylic acids is 1. The molecule has 0 aliphatic heterocycles. The Labute approximate surface area is 115 Å². The fraction of sp³-hybridized carbons (Fsp3) is 0.562. The Morgan fingerprint density at radius 1 is 1.42 bits per heavy atom. The van der Waals surface area contributed by atoms with Crippen LogP contribution in [0.15, 0.2) is 18.2 Å². The van der Waals surface area contributed by atoms with E-state index in [4.69, 9.17) is 5.73 Å². The molecule has 3 heteroatoms. The van der Waals surface area contributed by atoms with Crippen molar-refractivity contribution in [2.24, 2.45) is 11.8 Å². The molecule has 0 saturated heterocycles. The van der Waals surface area contributed by atoms with Crippen molar-refractivity contribution in [1.82, 2.24) is 5.32 Å². The Hall–Kier alpha value is -1.51. The van der Waals surface area contributed by atoms with Crippen LogP contribution in [-0.4, -0.2) is 12.5 Å². The number of aryl methyl sites for hydroxylation is 1. The summed E-state index contributed by atoms with van der Waals surface area (Å²) in [5.74, 6) is 1.46. The average molecular weight is 260 g/mol. The van der Waals surface area contributed by atoms with Gasteiger partial charge in [0.15, 0.2) is 0 Å². The summed E-state index contributed by atoms with van der Waals surface area (Å²) in [6, 6.07) is 5.44. The highest BCUT2D eigenvalue weighted by molar-refractivity contribution is 5.95. The van der Waals surface area contributed by atoms with E-state index in [2.05, 4.69) is 12.2 Å². The molecule has 1 aliphatic carbocycles. The van der Waals surface area contributed by atoms with Crippen LogP contribution in [0.4, 0.5) is 5.69 Å². The van der Waals surface area contributed by atoms with Crippen molar-refractivity contribution in [1.29, 1.82) is 0 Å². The zero-order valence-corrected chi connectivity index (χ0v) is 11.9. The molecule has 19 heavy (non-hydrogen) atoms. The maximum absolute atomic E-state index is 12.1. The fourth-order valence-corrected chi connectivity index (χ4v) is 3.02. The first-order chi connectivity index (χ1) is 9.06. The molecule has 0 radical (unpaired) electrons. The summed E-state index contributed by atoms with van der Waals surface area (Å²) in [7, 11) is 0. The molecule has 1 amide bonds. The summed E-state index contributed by atoms with van der Waals surface area (Å²) >= 11 is 0. The standard InChI is InChI=1S/C16H24N2O/c1-11-4-3-5-13(8-11)10-18-16(19)15-7-6-14(17)9-12(15)2/h6-7,9,11,13H,3-5,8,10,17H2,1-2H3,(H,18,19). The predicted octanol–water partition coefficient (Wildman–Crippen LogP) is 3.13. The van der Waals surface area contributed by atoms with Gasteiger partial charge in [0.2, 0.25) is 0 Å². The van der Waals surface area contributed by atoms with E-state index < -0.39 is 0 Å². The second kappa shape index (κ2) is 6.09. The maximum atomic E-state index is 12.1. The van der Waals surface area contributed by atoms with Crippen LogP contribution in [0.2, 0.25) is 0 Å². The van der Waals surface area contributed by atoms with Gasteiger partial charge in [-0.05, 0) is 55.4 Å². The molecule has 1 aliphatic rings. The maximum Gasteiger partial charge on any atom is 0.251 e. The third-order valence-electron chi connectivity index (χ3n) is 4.09. The molecule has 0 aromatic heterocycles. The molecule has 1 aromatic rings. The smallest absolute Gasteiger partial charge is 0.251 e. The SMILES string of the molecule is Cc1cc(N)ccc1C(=O)NCC1CCCC(C)C1. The molecule has 1 saturated carbocycles. The van der Waals surface area contributed by atoms with Gasteiger partial charge in [0.1, 0.15) is 0 Å². The van der Waals surface area contributed by atoms with Gasteiger partial charge in [0.05, 0.1) is 0 Å². The molecule has 3 N–H and O–H groups in total. The number of anilines is 1. The summed E-state index contributed by atoms with van der Waals surface area (Å²) in [6.07, 6.45) is 5.11. The van der Waals surface area contributed by atoms with E-state index >= 15 is 0 Å². The van der Waals surface area contributed by atoms with Gasteiger partial charge in [0, 0.05) is 17.8 Å². The van der Waals surface area contributed by atoms with Crippen LogP contribution < -0.4 is 11.1 Å². The Balaban J connectivity index is 1.90. The lowest BCUT2D eigenvalue weighted by Gasteiger charge is -2.26. The van der Waals surface area contributed by atoms with Crippen LogP contribution in [-0.2, 0) is 0 Å². The minimum Gasteiger partial charge on any atom is -0.399 e. The topological polar surface area (TPSA) is 55.1 Å².